The number of halogens is 3. The van der Waals surface area contributed by atoms with Crippen LogP contribution in [0.15, 0.2) is 53.5 Å². The van der Waals surface area contributed by atoms with Gasteiger partial charge in [0.15, 0.2) is 11.4 Å². The van der Waals surface area contributed by atoms with Crippen LogP contribution in [-0.2, 0) is 17.9 Å². The van der Waals surface area contributed by atoms with E-state index in [1.165, 1.54) is 6.20 Å². The minimum absolute atomic E-state index is 0.0324. The number of nitrogens with one attached hydrogen (secondary N) is 1. The van der Waals surface area contributed by atoms with Gasteiger partial charge in [0.2, 0.25) is 5.43 Å². The summed E-state index contributed by atoms with van der Waals surface area (Å²) in [5, 5.41) is 2.36. The average Bonchev–Trinajstić information content (AvgIpc) is 3.06. The first-order chi connectivity index (χ1) is 19.7. The van der Waals surface area contributed by atoms with Crippen molar-refractivity contribution in [2.45, 2.75) is 57.0 Å². The van der Waals surface area contributed by atoms with Gasteiger partial charge in [0, 0.05) is 49.4 Å². The molecule has 2 saturated heterocycles. The highest BCUT2D eigenvalue weighted by Gasteiger charge is 2.53. The maximum absolute atomic E-state index is 14.2. The number of carbonyl (C=O) groups excluding carboxylic acids is 2. The Morgan fingerprint density at radius 1 is 1.12 bits per heavy atom. The van der Waals surface area contributed by atoms with E-state index in [2.05, 4.69) is 5.32 Å². The molecule has 11 heteroatoms. The molecular formula is C30H28F3N3O5. The van der Waals surface area contributed by atoms with Gasteiger partial charge in [0.1, 0.15) is 29.6 Å². The maximum Gasteiger partial charge on any atom is 0.274 e. The fourth-order valence-corrected chi connectivity index (χ4v) is 5.99. The van der Waals surface area contributed by atoms with Crippen molar-refractivity contribution in [3.8, 4) is 5.75 Å². The Bertz CT molecular complexity index is 1570. The van der Waals surface area contributed by atoms with E-state index in [0.717, 1.165) is 12.0 Å². The normalized spacial score (nSPS) is 23.0. The van der Waals surface area contributed by atoms with E-state index in [1.807, 2.05) is 25.1 Å². The van der Waals surface area contributed by atoms with Gasteiger partial charge in [-0.15, -0.1) is 0 Å². The van der Waals surface area contributed by atoms with Crippen molar-refractivity contribution in [1.82, 2.24) is 14.8 Å². The van der Waals surface area contributed by atoms with Gasteiger partial charge in [-0.05, 0) is 25.3 Å². The van der Waals surface area contributed by atoms with E-state index in [-0.39, 0.29) is 41.6 Å². The molecule has 2 aromatic carbocycles. The van der Waals surface area contributed by atoms with Crippen molar-refractivity contribution < 1.29 is 32.2 Å². The van der Waals surface area contributed by atoms with Crippen LogP contribution in [0.25, 0.3) is 0 Å². The second-order valence-electron chi connectivity index (χ2n) is 10.8. The van der Waals surface area contributed by atoms with Crippen LogP contribution in [0, 0.1) is 17.5 Å². The summed E-state index contributed by atoms with van der Waals surface area (Å²) in [6, 6.07) is 9.60. The zero-order valence-corrected chi connectivity index (χ0v) is 22.3. The summed E-state index contributed by atoms with van der Waals surface area (Å²) < 4.78 is 55.5. The molecule has 2 amide bonds. The minimum atomic E-state index is -1.17. The summed E-state index contributed by atoms with van der Waals surface area (Å²) >= 11 is 0. The van der Waals surface area contributed by atoms with Gasteiger partial charge in [0.25, 0.3) is 11.8 Å². The number of rotatable bonds is 6. The number of hydrogen-bond donors (Lipinski definition) is 1. The van der Waals surface area contributed by atoms with Crippen molar-refractivity contribution >= 4 is 11.8 Å². The molecule has 0 saturated carbocycles. The lowest BCUT2D eigenvalue weighted by Gasteiger charge is -2.50. The molecule has 6 rings (SSSR count). The summed E-state index contributed by atoms with van der Waals surface area (Å²) in [6.45, 7) is 2.20. The largest absolute Gasteiger partial charge is 0.483 e. The molecule has 2 bridgehead atoms. The highest BCUT2D eigenvalue weighted by Crippen LogP contribution is 2.47. The first-order valence-corrected chi connectivity index (χ1v) is 13.5. The Morgan fingerprint density at radius 3 is 2.49 bits per heavy atom. The van der Waals surface area contributed by atoms with Crippen molar-refractivity contribution in [3.63, 3.8) is 0 Å². The number of benzene rings is 2. The molecule has 1 spiro atoms. The van der Waals surface area contributed by atoms with Crippen molar-refractivity contribution in [2.75, 3.05) is 13.2 Å². The highest BCUT2D eigenvalue weighted by atomic mass is 19.1. The third-order valence-electron chi connectivity index (χ3n) is 8.40. The van der Waals surface area contributed by atoms with Gasteiger partial charge < -0.3 is 24.3 Å². The van der Waals surface area contributed by atoms with Crippen LogP contribution in [0.3, 0.4) is 0 Å². The maximum atomic E-state index is 14.2. The lowest BCUT2D eigenvalue weighted by molar-refractivity contribution is -0.179. The van der Waals surface area contributed by atoms with Crippen molar-refractivity contribution in [1.29, 1.82) is 0 Å². The van der Waals surface area contributed by atoms with E-state index in [9.17, 15) is 27.6 Å². The quantitative estimate of drug-likeness (QED) is 0.484. The topological polar surface area (TPSA) is 89.9 Å². The zero-order valence-electron chi connectivity index (χ0n) is 22.3. The number of pyridine rings is 1. The predicted molar refractivity (Wildman–Crippen MR) is 141 cm³/mol. The Morgan fingerprint density at radius 2 is 1.83 bits per heavy atom. The molecule has 3 aromatic rings. The summed E-state index contributed by atoms with van der Waals surface area (Å²) in [7, 11) is 0. The first-order valence-electron chi connectivity index (χ1n) is 13.5. The van der Waals surface area contributed by atoms with Crippen LogP contribution >= 0.6 is 0 Å². The van der Waals surface area contributed by atoms with E-state index in [4.69, 9.17) is 9.47 Å². The number of fused-ring (bicyclic) bond motifs is 5. The molecule has 2 fully saturated rings. The van der Waals surface area contributed by atoms with E-state index in [1.54, 1.807) is 21.6 Å². The standard InChI is InChI=1S/C30H28F3N3O5/c1-17-7-8-30(9-10-41-30)24-15-35(17)29(39)25-27(40-16-18-5-3-2-4-6-18)26(37)21(14-36(24)25)28(38)34-13-20-22(32)11-19(31)12-23(20)33/h2-6,11-12,14,17,24H,7-10,13,15-16H2,1H3,(H,34,38)/t17-,24+,30+/m0/s1. The molecule has 0 radical (unpaired) electrons. The molecule has 8 nitrogen and oxygen atoms in total. The van der Waals surface area contributed by atoms with Gasteiger partial charge in [-0.25, -0.2) is 13.2 Å². The minimum Gasteiger partial charge on any atom is -0.483 e. The lowest BCUT2D eigenvalue weighted by Crippen LogP contribution is -2.57. The van der Waals surface area contributed by atoms with E-state index in [0.29, 0.717) is 38.1 Å². The van der Waals surface area contributed by atoms with Crippen LogP contribution < -0.4 is 15.5 Å². The molecule has 3 aliphatic heterocycles. The van der Waals surface area contributed by atoms with E-state index < -0.39 is 46.5 Å². The SMILES string of the molecule is C[C@H]1CC[C@@]2(CCO2)[C@H]2CN1C(=O)c1c(OCc3ccccc3)c(=O)c(C(=O)NCc3c(F)cc(F)cc3F)cn12. The van der Waals surface area contributed by atoms with Crippen LogP contribution in [0.4, 0.5) is 13.2 Å². The second-order valence-corrected chi connectivity index (χ2v) is 10.8. The molecule has 0 aliphatic carbocycles. The number of ether oxygens (including phenoxy) is 2. The van der Waals surface area contributed by atoms with Crippen LogP contribution in [0.5, 0.6) is 5.75 Å². The second kappa shape index (κ2) is 10.4. The smallest absolute Gasteiger partial charge is 0.274 e. The Balaban J connectivity index is 1.43. The van der Waals surface area contributed by atoms with Crippen molar-refractivity contribution in [3.05, 3.63) is 98.7 Å². The third-order valence-corrected chi connectivity index (χ3v) is 8.40. The van der Waals surface area contributed by atoms with Gasteiger partial charge >= 0.3 is 0 Å². The fourth-order valence-electron chi connectivity index (χ4n) is 5.99. The molecular weight excluding hydrogens is 539 g/mol. The lowest BCUT2D eigenvalue weighted by atomic mass is 9.81. The number of aromatic nitrogens is 1. The Labute approximate surface area is 233 Å². The number of carbonyl (C=O) groups is 2. The molecule has 3 aliphatic rings. The molecule has 1 aromatic heterocycles. The number of hydrogen-bond acceptors (Lipinski definition) is 5. The van der Waals surface area contributed by atoms with Gasteiger partial charge in [-0.1, -0.05) is 30.3 Å². The van der Waals surface area contributed by atoms with Crippen LogP contribution in [0.1, 0.15) is 64.2 Å². The highest BCUT2D eigenvalue weighted by molar-refractivity contribution is 5.99. The summed E-state index contributed by atoms with van der Waals surface area (Å²) in [5.74, 6) is -5.00. The molecule has 41 heavy (non-hydrogen) atoms. The molecule has 214 valence electrons. The van der Waals surface area contributed by atoms with Gasteiger partial charge in [-0.3, -0.25) is 14.4 Å². The number of amides is 2. The van der Waals surface area contributed by atoms with Gasteiger partial charge in [0.05, 0.1) is 18.2 Å². The van der Waals surface area contributed by atoms with E-state index >= 15 is 0 Å². The molecule has 3 atom stereocenters. The molecule has 0 unspecified atom stereocenters. The molecule has 4 heterocycles. The predicted octanol–water partition coefficient (Wildman–Crippen LogP) is 4.11. The molecule has 1 N–H and O–H groups in total. The Kier molecular flexibility index (Phi) is 6.85. The first kappa shape index (κ1) is 27.1. The summed E-state index contributed by atoms with van der Waals surface area (Å²) in [4.78, 5) is 42.7. The van der Waals surface area contributed by atoms with Crippen molar-refractivity contribution in [2.24, 2.45) is 0 Å². The monoisotopic (exact) mass is 567 g/mol. The average molecular weight is 568 g/mol. The zero-order chi connectivity index (χ0) is 28.9. The summed E-state index contributed by atoms with van der Waals surface area (Å²) in [6.07, 6.45) is 3.48. The van der Waals surface area contributed by atoms with Crippen LogP contribution in [-0.4, -0.2) is 46.1 Å². The number of nitrogens with zero attached hydrogens (tertiary/aromatic N) is 2. The van der Waals surface area contributed by atoms with Crippen LogP contribution in [0.2, 0.25) is 0 Å². The third kappa shape index (κ3) is 4.67. The Hall–Kier alpha value is -4.12. The fraction of sp³-hybridized carbons (Fsp3) is 0.367. The van der Waals surface area contributed by atoms with Gasteiger partial charge in [-0.2, -0.15) is 0 Å². The summed E-state index contributed by atoms with van der Waals surface area (Å²) in [5.41, 5.74) is -1.52.